The SMILES string of the molecule is COc1ccc(Cc2nnc(SCc3ccccc3Br)n2N)cc1. The molecule has 3 rings (SSSR count). The second-order valence-electron chi connectivity index (χ2n) is 5.17. The van der Waals surface area contributed by atoms with Crippen molar-refractivity contribution in [1.82, 2.24) is 14.9 Å². The Balaban J connectivity index is 1.68. The molecule has 3 aromatic rings. The standard InChI is InChI=1S/C17H17BrN4OS/c1-23-14-8-6-12(7-9-14)10-16-20-21-17(22(16)19)24-11-13-4-2-3-5-15(13)18/h2-9H,10-11,19H2,1H3. The van der Waals surface area contributed by atoms with Gasteiger partial charge in [-0.15, -0.1) is 10.2 Å². The highest BCUT2D eigenvalue weighted by molar-refractivity contribution is 9.10. The minimum atomic E-state index is 0.628. The van der Waals surface area contributed by atoms with Crippen LogP contribution in [0.1, 0.15) is 17.0 Å². The number of hydrogen-bond acceptors (Lipinski definition) is 5. The molecule has 1 heterocycles. The van der Waals surface area contributed by atoms with Gasteiger partial charge >= 0.3 is 0 Å². The number of aromatic nitrogens is 3. The monoisotopic (exact) mass is 404 g/mol. The molecule has 0 aliphatic rings. The Kier molecular flexibility index (Phi) is 5.42. The van der Waals surface area contributed by atoms with Crippen molar-refractivity contribution in [2.45, 2.75) is 17.3 Å². The molecule has 7 heteroatoms. The summed E-state index contributed by atoms with van der Waals surface area (Å²) < 4.78 is 7.81. The molecule has 0 aliphatic carbocycles. The van der Waals surface area contributed by atoms with Gasteiger partial charge in [-0.05, 0) is 29.3 Å². The van der Waals surface area contributed by atoms with Crippen LogP contribution >= 0.6 is 27.7 Å². The largest absolute Gasteiger partial charge is 0.497 e. The Hall–Kier alpha value is -1.99. The fourth-order valence-corrected chi connectivity index (χ4v) is 3.70. The lowest BCUT2D eigenvalue weighted by molar-refractivity contribution is 0.414. The van der Waals surface area contributed by atoms with Crippen LogP contribution in [0.2, 0.25) is 0 Å². The third-order valence-electron chi connectivity index (χ3n) is 3.57. The molecule has 24 heavy (non-hydrogen) atoms. The summed E-state index contributed by atoms with van der Waals surface area (Å²) >= 11 is 5.12. The maximum atomic E-state index is 6.14. The first-order valence-electron chi connectivity index (χ1n) is 7.36. The number of nitrogens with two attached hydrogens (primary N) is 1. The van der Waals surface area contributed by atoms with Crippen LogP contribution in [-0.2, 0) is 12.2 Å². The van der Waals surface area contributed by atoms with Crippen LogP contribution in [0.4, 0.5) is 0 Å². The normalized spacial score (nSPS) is 10.8. The van der Waals surface area contributed by atoms with Crippen molar-refractivity contribution in [1.29, 1.82) is 0 Å². The average molecular weight is 405 g/mol. The van der Waals surface area contributed by atoms with Gasteiger partial charge in [-0.25, -0.2) is 4.68 Å². The first-order valence-corrected chi connectivity index (χ1v) is 9.13. The van der Waals surface area contributed by atoms with Crippen LogP contribution in [0.5, 0.6) is 5.75 Å². The van der Waals surface area contributed by atoms with Crippen LogP contribution in [0.15, 0.2) is 58.2 Å². The first kappa shape index (κ1) is 16.9. The molecule has 0 bridgehead atoms. The molecule has 0 spiro atoms. The van der Waals surface area contributed by atoms with E-state index in [1.807, 2.05) is 42.5 Å². The molecule has 0 amide bonds. The molecule has 0 radical (unpaired) electrons. The Labute approximate surface area is 153 Å². The van der Waals surface area contributed by atoms with Gasteiger partial charge in [0.15, 0.2) is 5.82 Å². The second kappa shape index (κ2) is 7.72. The highest BCUT2D eigenvalue weighted by Gasteiger charge is 2.11. The molecule has 0 aliphatic heterocycles. The molecule has 124 valence electrons. The summed E-state index contributed by atoms with van der Waals surface area (Å²) in [4.78, 5) is 0. The Morgan fingerprint density at radius 2 is 1.88 bits per heavy atom. The molecule has 2 N–H and O–H groups in total. The predicted octanol–water partition coefficient (Wildman–Crippen LogP) is 3.65. The van der Waals surface area contributed by atoms with E-state index in [4.69, 9.17) is 10.6 Å². The molecule has 0 atom stereocenters. The fraction of sp³-hybridized carbons (Fsp3) is 0.176. The smallest absolute Gasteiger partial charge is 0.210 e. The molecule has 5 nitrogen and oxygen atoms in total. The zero-order chi connectivity index (χ0) is 16.9. The van der Waals surface area contributed by atoms with Gasteiger partial charge < -0.3 is 10.6 Å². The van der Waals surface area contributed by atoms with Gasteiger partial charge in [0.2, 0.25) is 5.16 Å². The van der Waals surface area contributed by atoms with Gasteiger partial charge in [-0.2, -0.15) is 0 Å². The third-order valence-corrected chi connectivity index (χ3v) is 5.34. The van der Waals surface area contributed by atoms with Gasteiger partial charge in [-0.1, -0.05) is 58.0 Å². The lowest BCUT2D eigenvalue weighted by Gasteiger charge is -2.06. The second-order valence-corrected chi connectivity index (χ2v) is 6.97. The topological polar surface area (TPSA) is 66.0 Å². The van der Waals surface area contributed by atoms with Gasteiger partial charge in [0.05, 0.1) is 7.11 Å². The van der Waals surface area contributed by atoms with Crippen LogP contribution in [0.25, 0.3) is 0 Å². The molecular formula is C17H17BrN4OS. The average Bonchev–Trinajstić information content (AvgIpc) is 2.95. The van der Waals surface area contributed by atoms with Crippen molar-refractivity contribution in [3.63, 3.8) is 0 Å². The zero-order valence-electron chi connectivity index (χ0n) is 13.1. The number of nitrogens with zero attached hydrogens (tertiary/aromatic N) is 3. The summed E-state index contributed by atoms with van der Waals surface area (Å²) in [6.45, 7) is 0. The van der Waals surface area contributed by atoms with Crippen LogP contribution < -0.4 is 10.6 Å². The van der Waals surface area contributed by atoms with Gasteiger partial charge in [0, 0.05) is 16.6 Å². The number of hydrogen-bond donors (Lipinski definition) is 1. The van der Waals surface area contributed by atoms with E-state index in [9.17, 15) is 0 Å². The molecule has 1 aromatic heterocycles. The summed E-state index contributed by atoms with van der Waals surface area (Å²) in [6.07, 6.45) is 0.628. The quantitative estimate of drug-likeness (QED) is 0.501. The summed E-state index contributed by atoms with van der Waals surface area (Å²) in [5.41, 5.74) is 2.31. The molecule has 0 fully saturated rings. The Bertz CT molecular complexity index is 820. The number of benzene rings is 2. The van der Waals surface area contributed by atoms with E-state index in [-0.39, 0.29) is 0 Å². The van der Waals surface area contributed by atoms with E-state index >= 15 is 0 Å². The predicted molar refractivity (Wildman–Crippen MR) is 99.7 cm³/mol. The van der Waals surface area contributed by atoms with Crippen molar-refractivity contribution >= 4 is 27.7 Å². The lowest BCUT2D eigenvalue weighted by Crippen LogP contribution is -2.14. The molecule has 0 saturated heterocycles. The van der Waals surface area contributed by atoms with Crippen molar-refractivity contribution in [2.24, 2.45) is 0 Å². The van der Waals surface area contributed by atoms with Crippen LogP contribution in [0.3, 0.4) is 0 Å². The van der Waals surface area contributed by atoms with E-state index in [0.717, 1.165) is 27.4 Å². The first-order chi connectivity index (χ1) is 11.7. The number of thioether (sulfide) groups is 1. The zero-order valence-corrected chi connectivity index (χ0v) is 15.5. The van der Waals surface area contributed by atoms with E-state index in [2.05, 4.69) is 32.2 Å². The minimum absolute atomic E-state index is 0.628. The maximum Gasteiger partial charge on any atom is 0.210 e. The summed E-state index contributed by atoms with van der Waals surface area (Å²) in [6, 6.07) is 16.0. The van der Waals surface area contributed by atoms with Gasteiger partial charge in [0.25, 0.3) is 0 Å². The van der Waals surface area contributed by atoms with Crippen molar-refractivity contribution in [2.75, 3.05) is 13.0 Å². The van der Waals surface area contributed by atoms with E-state index in [1.165, 1.54) is 5.56 Å². The van der Waals surface area contributed by atoms with E-state index < -0.39 is 0 Å². The number of halogens is 1. The highest BCUT2D eigenvalue weighted by Crippen LogP contribution is 2.25. The number of methoxy groups -OCH3 is 1. The third kappa shape index (κ3) is 3.91. The molecule has 0 unspecified atom stereocenters. The van der Waals surface area contributed by atoms with Crippen molar-refractivity contribution in [3.05, 3.63) is 70.0 Å². The number of nitrogen functional groups attached to an aromatic ring is 1. The Morgan fingerprint density at radius 1 is 1.12 bits per heavy atom. The van der Waals surface area contributed by atoms with Gasteiger partial charge in [0.1, 0.15) is 5.75 Å². The fourth-order valence-electron chi connectivity index (χ4n) is 2.21. The summed E-state index contributed by atoms with van der Waals surface area (Å²) in [5.74, 6) is 8.48. The molecule has 2 aromatic carbocycles. The van der Waals surface area contributed by atoms with Crippen molar-refractivity contribution < 1.29 is 4.74 Å². The molecular weight excluding hydrogens is 388 g/mol. The number of rotatable bonds is 6. The molecule has 0 saturated carbocycles. The minimum Gasteiger partial charge on any atom is -0.497 e. The van der Waals surface area contributed by atoms with E-state index in [0.29, 0.717) is 11.6 Å². The van der Waals surface area contributed by atoms with Crippen LogP contribution in [0, 0.1) is 0 Å². The maximum absolute atomic E-state index is 6.14. The van der Waals surface area contributed by atoms with E-state index in [1.54, 1.807) is 23.5 Å². The Morgan fingerprint density at radius 3 is 2.58 bits per heavy atom. The van der Waals surface area contributed by atoms with Crippen molar-refractivity contribution in [3.8, 4) is 5.75 Å². The van der Waals surface area contributed by atoms with Crippen LogP contribution in [-0.4, -0.2) is 22.0 Å². The summed E-state index contributed by atoms with van der Waals surface area (Å²) in [7, 11) is 1.65. The summed E-state index contributed by atoms with van der Waals surface area (Å²) in [5, 5.41) is 9.12. The highest BCUT2D eigenvalue weighted by atomic mass is 79.9. The van der Waals surface area contributed by atoms with Gasteiger partial charge in [-0.3, -0.25) is 0 Å². The number of ether oxygens (including phenoxy) is 1. The lowest BCUT2D eigenvalue weighted by atomic mass is 10.1.